The van der Waals surface area contributed by atoms with Crippen molar-refractivity contribution in [1.29, 1.82) is 0 Å². The Morgan fingerprint density at radius 2 is 2.17 bits per heavy atom. The van der Waals surface area contributed by atoms with Crippen LogP contribution >= 0.6 is 15.9 Å². The van der Waals surface area contributed by atoms with Crippen LogP contribution in [0.15, 0.2) is 34.9 Å². The Bertz CT molecular complexity index is 546. The second-order valence-electron chi connectivity index (χ2n) is 3.74. The molecule has 0 aliphatic heterocycles. The van der Waals surface area contributed by atoms with Crippen LogP contribution in [0.1, 0.15) is 5.82 Å². The molecule has 0 spiro atoms. The summed E-state index contributed by atoms with van der Waals surface area (Å²) in [6.45, 7) is 0.658. The smallest absolute Gasteiger partial charge is 0.142 e. The van der Waals surface area contributed by atoms with Crippen LogP contribution < -0.4 is 10.1 Å². The summed E-state index contributed by atoms with van der Waals surface area (Å²) in [5.74, 6) is 1.59. The van der Waals surface area contributed by atoms with Gasteiger partial charge in [-0.2, -0.15) is 0 Å². The quantitative estimate of drug-likeness (QED) is 0.943. The molecule has 0 atom stereocenters. The molecule has 1 heterocycles. The van der Waals surface area contributed by atoms with Crippen molar-refractivity contribution in [2.75, 3.05) is 14.2 Å². The van der Waals surface area contributed by atoms with Gasteiger partial charge in [0.2, 0.25) is 0 Å². The molecule has 0 saturated heterocycles. The van der Waals surface area contributed by atoms with Crippen LogP contribution in [0.25, 0.3) is 11.3 Å². The van der Waals surface area contributed by atoms with Crippen molar-refractivity contribution in [2.45, 2.75) is 6.54 Å². The minimum atomic E-state index is 0.658. The predicted molar refractivity (Wildman–Crippen MR) is 74.5 cm³/mol. The van der Waals surface area contributed by atoms with E-state index in [2.05, 4.69) is 31.2 Å². The standard InChI is InChI=1S/C13H14BrN3O/c1-15-8-13-16-6-5-11(17-13)9-3-4-12(18-2)10(14)7-9/h3-7,15H,8H2,1-2H3. The van der Waals surface area contributed by atoms with E-state index < -0.39 is 0 Å². The lowest BCUT2D eigenvalue weighted by Gasteiger charge is -2.07. The highest BCUT2D eigenvalue weighted by Gasteiger charge is 2.05. The summed E-state index contributed by atoms with van der Waals surface area (Å²) in [5, 5.41) is 3.04. The highest BCUT2D eigenvalue weighted by atomic mass is 79.9. The minimum Gasteiger partial charge on any atom is -0.496 e. The number of halogens is 1. The molecule has 0 amide bonds. The van der Waals surface area contributed by atoms with Gasteiger partial charge in [0.1, 0.15) is 11.6 Å². The van der Waals surface area contributed by atoms with E-state index in [0.717, 1.165) is 27.3 Å². The fraction of sp³-hybridized carbons (Fsp3) is 0.231. The average molecular weight is 308 g/mol. The number of rotatable bonds is 4. The molecule has 2 aromatic rings. The highest BCUT2D eigenvalue weighted by Crippen LogP contribution is 2.29. The first kappa shape index (κ1) is 13.0. The molecule has 5 heteroatoms. The van der Waals surface area contributed by atoms with E-state index in [1.165, 1.54) is 0 Å². The first-order valence-corrected chi connectivity index (χ1v) is 6.34. The number of benzene rings is 1. The van der Waals surface area contributed by atoms with Crippen molar-refractivity contribution in [3.05, 3.63) is 40.8 Å². The zero-order valence-electron chi connectivity index (χ0n) is 10.3. The highest BCUT2D eigenvalue weighted by molar-refractivity contribution is 9.10. The second kappa shape index (κ2) is 5.93. The number of hydrogen-bond acceptors (Lipinski definition) is 4. The maximum absolute atomic E-state index is 5.21. The zero-order chi connectivity index (χ0) is 13.0. The van der Waals surface area contributed by atoms with E-state index in [0.29, 0.717) is 6.54 Å². The monoisotopic (exact) mass is 307 g/mol. The van der Waals surface area contributed by atoms with E-state index in [9.17, 15) is 0 Å². The van der Waals surface area contributed by atoms with Crippen molar-refractivity contribution in [3.63, 3.8) is 0 Å². The van der Waals surface area contributed by atoms with Crippen LogP contribution in [0.2, 0.25) is 0 Å². The molecule has 1 aromatic carbocycles. The summed E-state index contributed by atoms with van der Waals surface area (Å²) in [4.78, 5) is 8.69. The van der Waals surface area contributed by atoms with Crippen LogP contribution in [-0.2, 0) is 6.54 Å². The molecule has 18 heavy (non-hydrogen) atoms. The third-order valence-electron chi connectivity index (χ3n) is 2.49. The minimum absolute atomic E-state index is 0.658. The Hall–Kier alpha value is -1.46. The van der Waals surface area contributed by atoms with Crippen LogP contribution in [0, 0.1) is 0 Å². The molecule has 0 saturated carbocycles. The second-order valence-corrected chi connectivity index (χ2v) is 4.59. The van der Waals surface area contributed by atoms with E-state index in [-0.39, 0.29) is 0 Å². The molecule has 0 aliphatic carbocycles. The van der Waals surface area contributed by atoms with Gasteiger partial charge in [0, 0.05) is 11.8 Å². The summed E-state index contributed by atoms with van der Waals surface area (Å²) in [6.07, 6.45) is 1.77. The number of aromatic nitrogens is 2. The fourth-order valence-electron chi connectivity index (χ4n) is 1.63. The third-order valence-corrected chi connectivity index (χ3v) is 3.11. The number of nitrogens with zero attached hydrogens (tertiary/aromatic N) is 2. The molecule has 0 bridgehead atoms. The van der Waals surface area contributed by atoms with Gasteiger partial charge < -0.3 is 10.1 Å². The Kier molecular flexibility index (Phi) is 4.28. The topological polar surface area (TPSA) is 47.0 Å². The van der Waals surface area contributed by atoms with Crippen LogP contribution in [0.3, 0.4) is 0 Å². The van der Waals surface area contributed by atoms with Crippen molar-refractivity contribution >= 4 is 15.9 Å². The molecule has 0 aliphatic rings. The molecule has 94 valence electrons. The predicted octanol–water partition coefficient (Wildman–Crippen LogP) is 2.63. The van der Waals surface area contributed by atoms with Gasteiger partial charge in [-0.15, -0.1) is 0 Å². The summed E-state index contributed by atoms with van der Waals surface area (Å²) < 4.78 is 6.12. The number of ether oxygens (including phenoxy) is 1. The van der Waals surface area contributed by atoms with Crippen molar-refractivity contribution < 1.29 is 4.74 Å². The summed E-state index contributed by atoms with van der Waals surface area (Å²) in [6, 6.07) is 7.78. The number of methoxy groups -OCH3 is 1. The molecule has 0 radical (unpaired) electrons. The Balaban J connectivity index is 2.36. The first-order valence-electron chi connectivity index (χ1n) is 5.55. The van der Waals surface area contributed by atoms with Gasteiger partial charge in [0.25, 0.3) is 0 Å². The Morgan fingerprint density at radius 1 is 1.33 bits per heavy atom. The molecular formula is C13H14BrN3O. The normalized spacial score (nSPS) is 10.4. The fourth-order valence-corrected chi connectivity index (χ4v) is 2.17. The van der Waals surface area contributed by atoms with Gasteiger partial charge in [-0.1, -0.05) is 0 Å². The summed E-state index contributed by atoms with van der Waals surface area (Å²) in [5.41, 5.74) is 1.93. The lowest BCUT2D eigenvalue weighted by molar-refractivity contribution is 0.412. The van der Waals surface area contributed by atoms with Crippen LogP contribution in [0.5, 0.6) is 5.75 Å². The Morgan fingerprint density at radius 3 is 2.83 bits per heavy atom. The van der Waals surface area contributed by atoms with Crippen molar-refractivity contribution in [2.24, 2.45) is 0 Å². The summed E-state index contributed by atoms with van der Waals surface area (Å²) in [7, 11) is 3.52. The SMILES string of the molecule is CNCc1nccc(-c2ccc(OC)c(Br)c2)n1. The average Bonchev–Trinajstić information content (AvgIpc) is 2.39. The summed E-state index contributed by atoms with van der Waals surface area (Å²) >= 11 is 3.47. The van der Waals surface area contributed by atoms with E-state index >= 15 is 0 Å². The molecule has 1 N–H and O–H groups in total. The van der Waals surface area contributed by atoms with Crippen LogP contribution in [-0.4, -0.2) is 24.1 Å². The first-order chi connectivity index (χ1) is 8.74. The van der Waals surface area contributed by atoms with E-state index in [1.807, 2.05) is 31.3 Å². The maximum atomic E-state index is 5.21. The number of hydrogen-bond donors (Lipinski definition) is 1. The molecule has 1 aromatic heterocycles. The number of nitrogens with one attached hydrogen (secondary N) is 1. The molecular weight excluding hydrogens is 294 g/mol. The van der Waals surface area contributed by atoms with Crippen LogP contribution in [0.4, 0.5) is 0 Å². The molecule has 2 rings (SSSR count). The zero-order valence-corrected chi connectivity index (χ0v) is 11.9. The largest absolute Gasteiger partial charge is 0.496 e. The van der Waals surface area contributed by atoms with Gasteiger partial charge in [-0.3, -0.25) is 0 Å². The third kappa shape index (κ3) is 2.86. The van der Waals surface area contributed by atoms with Gasteiger partial charge in [0.15, 0.2) is 0 Å². The lowest BCUT2D eigenvalue weighted by atomic mass is 10.1. The maximum Gasteiger partial charge on any atom is 0.142 e. The van der Waals surface area contributed by atoms with Crippen molar-refractivity contribution in [3.8, 4) is 17.0 Å². The van der Waals surface area contributed by atoms with Crippen molar-refractivity contribution in [1.82, 2.24) is 15.3 Å². The van der Waals surface area contributed by atoms with E-state index in [4.69, 9.17) is 4.74 Å². The lowest BCUT2D eigenvalue weighted by Crippen LogP contribution is -2.09. The van der Waals surface area contributed by atoms with Gasteiger partial charge in [-0.25, -0.2) is 9.97 Å². The van der Waals surface area contributed by atoms with E-state index in [1.54, 1.807) is 13.3 Å². The molecule has 0 fully saturated rings. The van der Waals surface area contributed by atoms with Gasteiger partial charge in [0.05, 0.1) is 23.8 Å². The van der Waals surface area contributed by atoms with Gasteiger partial charge in [-0.05, 0) is 47.2 Å². The Labute approximate surface area is 115 Å². The van der Waals surface area contributed by atoms with Gasteiger partial charge >= 0.3 is 0 Å². The molecule has 0 unspecified atom stereocenters. The molecule has 4 nitrogen and oxygen atoms in total.